The summed E-state index contributed by atoms with van der Waals surface area (Å²) in [5, 5.41) is 3.86. The van der Waals surface area contributed by atoms with E-state index in [1.165, 1.54) is 43.6 Å². The fraction of sp³-hybridized carbons (Fsp3) is 0.129. The maximum atomic E-state index is 14.0. The molecule has 0 aliphatic carbocycles. The molecule has 4 N–H and O–H groups in total. The van der Waals surface area contributed by atoms with Crippen LogP contribution in [-0.4, -0.2) is 29.2 Å². The Bertz CT molecular complexity index is 1690. The number of H-pyrrole nitrogens is 1. The van der Waals surface area contributed by atoms with Gasteiger partial charge in [0.2, 0.25) is 5.91 Å². The third kappa shape index (κ3) is 7.08. The minimum Gasteiger partial charge on any atom is -0.361 e. The second kappa shape index (κ2) is 13.4. The van der Waals surface area contributed by atoms with Crippen molar-refractivity contribution in [2.45, 2.75) is 18.9 Å². The van der Waals surface area contributed by atoms with Crippen molar-refractivity contribution in [3.8, 4) is 11.1 Å². The Hall–Kier alpha value is -4.28. The number of amides is 1. The van der Waals surface area contributed by atoms with Gasteiger partial charge in [-0.2, -0.15) is 0 Å². The molecule has 41 heavy (non-hydrogen) atoms. The maximum Gasteiger partial charge on any atom is 0.225 e. The summed E-state index contributed by atoms with van der Waals surface area (Å²) in [6.07, 6.45) is 3.79. The van der Waals surface area contributed by atoms with Gasteiger partial charge in [0, 0.05) is 39.4 Å². The van der Waals surface area contributed by atoms with Crippen molar-refractivity contribution >= 4 is 39.0 Å². The molecule has 0 bridgehead atoms. The van der Waals surface area contributed by atoms with Gasteiger partial charge >= 0.3 is 0 Å². The topological polar surface area (TPSA) is 101 Å². The van der Waals surface area contributed by atoms with Crippen LogP contribution >= 0.6 is 15.9 Å². The van der Waals surface area contributed by atoms with Crippen LogP contribution in [0.2, 0.25) is 0 Å². The van der Waals surface area contributed by atoms with Crippen molar-refractivity contribution in [3.63, 3.8) is 0 Å². The lowest BCUT2D eigenvalue weighted by atomic mass is 9.94. The monoisotopic (exact) mass is 622 g/mol. The highest BCUT2D eigenvalue weighted by Gasteiger charge is 2.22. The molecular formula is C31H26BrF3N4O2. The molecule has 0 radical (unpaired) electrons. The number of fused-ring (bicyclic) bond motifs is 1. The van der Waals surface area contributed by atoms with Gasteiger partial charge in [-0.05, 0) is 78.7 Å². The van der Waals surface area contributed by atoms with Gasteiger partial charge in [0.15, 0.2) is 6.29 Å². The van der Waals surface area contributed by atoms with Gasteiger partial charge in [-0.3, -0.25) is 14.6 Å². The molecule has 0 saturated carbocycles. The number of rotatable bonds is 8. The Kier molecular flexibility index (Phi) is 9.69. The molecule has 1 atom stereocenters. The number of aromatic nitrogens is 2. The van der Waals surface area contributed by atoms with Crippen LogP contribution in [0.1, 0.15) is 33.2 Å². The van der Waals surface area contributed by atoms with E-state index < -0.39 is 23.5 Å². The Balaban J connectivity index is 0.00000189. The number of carbonyl (C=O) groups is 2. The van der Waals surface area contributed by atoms with Gasteiger partial charge < -0.3 is 16.0 Å². The summed E-state index contributed by atoms with van der Waals surface area (Å²) in [6.45, 7) is 0. The fourth-order valence-electron chi connectivity index (χ4n) is 4.64. The quantitative estimate of drug-likeness (QED) is 0.173. The Morgan fingerprint density at radius 2 is 1.80 bits per heavy atom. The number of aromatic amines is 1. The molecule has 0 saturated heterocycles. The molecule has 6 nitrogen and oxygen atoms in total. The Morgan fingerprint density at radius 1 is 1.05 bits per heavy atom. The zero-order valence-electron chi connectivity index (χ0n) is 21.9. The number of hydrogen-bond donors (Lipinski definition) is 3. The second-order valence-corrected chi connectivity index (χ2v) is 9.99. The molecule has 0 aliphatic rings. The van der Waals surface area contributed by atoms with E-state index in [0.29, 0.717) is 28.7 Å². The molecule has 0 fully saturated rings. The summed E-state index contributed by atoms with van der Waals surface area (Å²) in [4.78, 5) is 32.3. The molecule has 5 aromatic rings. The standard InChI is InChI=1S/C30H21BrF3N3O2.CH5N/c31-21-4-6-27-25(13-21)19(15-36-27)12-29(39)37-28(10-17-8-22(32)14-23(33)9-17)30-24(2-1-7-35-30)18-3-5-26(34)20(11-18)16-38;1-2/h1-9,11,13-16,28,36H,10,12H2,(H,37,39);2H2,1H3. The first-order chi connectivity index (χ1) is 19.8. The van der Waals surface area contributed by atoms with Gasteiger partial charge in [0.25, 0.3) is 0 Å². The number of nitrogens with zero attached hydrogens (tertiary/aromatic N) is 1. The van der Waals surface area contributed by atoms with E-state index in [0.717, 1.165) is 27.0 Å². The summed E-state index contributed by atoms with van der Waals surface area (Å²) >= 11 is 3.45. The van der Waals surface area contributed by atoms with E-state index in [9.17, 15) is 22.8 Å². The fourth-order valence-corrected chi connectivity index (χ4v) is 5.00. The van der Waals surface area contributed by atoms with Crippen LogP contribution in [0.25, 0.3) is 22.0 Å². The Labute approximate surface area is 242 Å². The lowest BCUT2D eigenvalue weighted by Crippen LogP contribution is -2.32. The minimum absolute atomic E-state index is 0.0333. The SMILES string of the molecule is CN.O=Cc1cc(-c2cccnc2C(Cc2cc(F)cc(F)c2)NC(=O)Cc2c[nH]c3ccc(Br)cc23)ccc1F. The number of aldehydes is 1. The molecule has 0 aliphatic heterocycles. The number of hydrogen-bond acceptors (Lipinski definition) is 4. The van der Waals surface area contributed by atoms with Crippen molar-refractivity contribution in [2.24, 2.45) is 5.73 Å². The molecule has 1 amide bonds. The van der Waals surface area contributed by atoms with E-state index in [-0.39, 0.29) is 24.3 Å². The zero-order chi connectivity index (χ0) is 29.5. The maximum absolute atomic E-state index is 14.0. The second-order valence-electron chi connectivity index (χ2n) is 9.07. The molecule has 2 aromatic heterocycles. The molecule has 10 heteroatoms. The Morgan fingerprint density at radius 3 is 2.54 bits per heavy atom. The molecule has 5 rings (SSSR count). The number of nitrogens with one attached hydrogen (secondary N) is 2. The average molecular weight is 623 g/mol. The molecule has 210 valence electrons. The third-order valence-electron chi connectivity index (χ3n) is 6.38. The third-order valence-corrected chi connectivity index (χ3v) is 6.87. The first kappa shape index (κ1) is 29.7. The first-order valence-electron chi connectivity index (χ1n) is 12.6. The summed E-state index contributed by atoms with van der Waals surface area (Å²) in [5.41, 5.74) is 7.79. The number of nitrogens with two attached hydrogens (primary N) is 1. The van der Waals surface area contributed by atoms with Crippen LogP contribution < -0.4 is 11.1 Å². The molecule has 3 aromatic carbocycles. The van der Waals surface area contributed by atoms with Gasteiger partial charge in [-0.25, -0.2) is 13.2 Å². The highest BCUT2D eigenvalue weighted by Crippen LogP contribution is 2.30. The number of pyridine rings is 1. The van der Waals surface area contributed by atoms with Crippen molar-refractivity contribution < 1.29 is 22.8 Å². The number of carbonyl (C=O) groups excluding carboxylic acids is 2. The van der Waals surface area contributed by atoms with Crippen molar-refractivity contribution in [1.29, 1.82) is 0 Å². The van der Waals surface area contributed by atoms with E-state index in [1.54, 1.807) is 18.3 Å². The van der Waals surface area contributed by atoms with Gasteiger partial charge in [0.1, 0.15) is 17.5 Å². The summed E-state index contributed by atoms with van der Waals surface area (Å²) < 4.78 is 42.9. The van der Waals surface area contributed by atoms with Crippen LogP contribution in [0.15, 0.2) is 83.6 Å². The summed E-state index contributed by atoms with van der Waals surface area (Å²) in [5.74, 6) is -2.48. The largest absolute Gasteiger partial charge is 0.361 e. The van der Waals surface area contributed by atoms with Crippen molar-refractivity contribution in [1.82, 2.24) is 15.3 Å². The molecule has 0 spiro atoms. The lowest BCUT2D eigenvalue weighted by molar-refractivity contribution is -0.121. The summed E-state index contributed by atoms with van der Waals surface area (Å²) in [6, 6.07) is 15.6. The predicted octanol–water partition coefficient (Wildman–Crippen LogP) is 6.44. The van der Waals surface area contributed by atoms with E-state index in [2.05, 4.69) is 36.9 Å². The minimum atomic E-state index is -0.795. The zero-order valence-corrected chi connectivity index (χ0v) is 23.5. The summed E-state index contributed by atoms with van der Waals surface area (Å²) in [7, 11) is 1.50. The number of halogens is 4. The highest BCUT2D eigenvalue weighted by atomic mass is 79.9. The van der Waals surface area contributed by atoms with Crippen LogP contribution in [0.5, 0.6) is 0 Å². The van der Waals surface area contributed by atoms with E-state index in [4.69, 9.17) is 0 Å². The average Bonchev–Trinajstić information content (AvgIpc) is 3.35. The van der Waals surface area contributed by atoms with Crippen molar-refractivity contribution in [3.05, 3.63) is 123 Å². The molecular weight excluding hydrogens is 597 g/mol. The van der Waals surface area contributed by atoms with Crippen molar-refractivity contribution in [2.75, 3.05) is 7.05 Å². The highest BCUT2D eigenvalue weighted by molar-refractivity contribution is 9.10. The smallest absolute Gasteiger partial charge is 0.225 e. The van der Waals surface area contributed by atoms with Crippen LogP contribution in [0.3, 0.4) is 0 Å². The predicted molar refractivity (Wildman–Crippen MR) is 156 cm³/mol. The molecule has 1 unspecified atom stereocenters. The van der Waals surface area contributed by atoms with Gasteiger partial charge in [-0.15, -0.1) is 0 Å². The molecule has 2 heterocycles. The van der Waals surface area contributed by atoms with E-state index in [1.807, 2.05) is 18.2 Å². The lowest BCUT2D eigenvalue weighted by Gasteiger charge is -2.22. The van der Waals surface area contributed by atoms with Gasteiger partial charge in [0.05, 0.1) is 23.7 Å². The van der Waals surface area contributed by atoms with Crippen LogP contribution in [0, 0.1) is 17.5 Å². The van der Waals surface area contributed by atoms with Crippen LogP contribution in [-0.2, 0) is 17.6 Å². The van der Waals surface area contributed by atoms with Crippen LogP contribution in [0.4, 0.5) is 13.2 Å². The van der Waals surface area contributed by atoms with Gasteiger partial charge in [-0.1, -0.05) is 28.1 Å². The number of benzene rings is 3. The van der Waals surface area contributed by atoms with E-state index >= 15 is 0 Å². The first-order valence-corrected chi connectivity index (χ1v) is 13.4. The normalized spacial score (nSPS) is 11.5.